The molecule has 1 aromatic carbocycles. The van der Waals surface area contributed by atoms with Crippen molar-refractivity contribution in [3.05, 3.63) is 51.7 Å². The van der Waals surface area contributed by atoms with Crippen LogP contribution in [0.25, 0.3) is 0 Å². The van der Waals surface area contributed by atoms with Gasteiger partial charge < -0.3 is 4.74 Å². The molecule has 1 aliphatic heterocycles. The molecule has 0 unspecified atom stereocenters. The van der Waals surface area contributed by atoms with Crippen LogP contribution < -0.4 is 0 Å². The zero-order valence-corrected chi connectivity index (χ0v) is 14.5. The van der Waals surface area contributed by atoms with Crippen LogP contribution in [0.3, 0.4) is 0 Å². The highest BCUT2D eigenvalue weighted by molar-refractivity contribution is 7.09. The van der Waals surface area contributed by atoms with Crippen molar-refractivity contribution in [3.63, 3.8) is 0 Å². The summed E-state index contributed by atoms with van der Waals surface area (Å²) in [6.45, 7) is 4.80. The van der Waals surface area contributed by atoms with E-state index in [-0.39, 0.29) is 11.9 Å². The van der Waals surface area contributed by atoms with E-state index in [9.17, 15) is 4.39 Å². The van der Waals surface area contributed by atoms with Gasteiger partial charge >= 0.3 is 0 Å². The predicted molar refractivity (Wildman–Crippen MR) is 91.1 cm³/mol. The van der Waals surface area contributed by atoms with Gasteiger partial charge in [0.1, 0.15) is 5.82 Å². The summed E-state index contributed by atoms with van der Waals surface area (Å²) >= 11 is 1.69. The van der Waals surface area contributed by atoms with Crippen LogP contribution in [0.2, 0.25) is 0 Å². The number of likely N-dealkylation sites (tertiary alicyclic amines) is 1. The normalized spacial score (nSPS) is 22.4. The maximum Gasteiger partial charge on any atom is 0.126 e. The molecule has 3 nitrogen and oxygen atoms in total. The number of hydrogen-bond acceptors (Lipinski definition) is 4. The minimum absolute atomic E-state index is 0.109. The first kappa shape index (κ1) is 16.6. The number of thiazole rings is 1. The maximum atomic E-state index is 13.9. The van der Waals surface area contributed by atoms with E-state index in [1.807, 2.05) is 19.1 Å². The van der Waals surface area contributed by atoms with E-state index in [2.05, 4.69) is 15.3 Å². The molecule has 0 saturated carbocycles. The highest BCUT2D eigenvalue weighted by atomic mass is 32.1. The van der Waals surface area contributed by atoms with E-state index in [1.165, 1.54) is 6.07 Å². The van der Waals surface area contributed by atoms with Gasteiger partial charge in [-0.2, -0.15) is 0 Å². The Balaban J connectivity index is 1.61. The third-order valence-electron chi connectivity index (χ3n) is 4.57. The molecule has 2 atom stereocenters. The second kappa shape index (κ2) is 7.51. The van der Waals surface area contributed by atoms with Gasteiger partial charge in [0.05, 0.1) is 16.8 Å². The molecular weight excluding hydrogens is 311 g/mol. The first-order valence-electron chi connectivity index (χ1n) is 8.05. The smallest absolute Gasteiger partial charge is 0.126 e. The molecule has 0 amide bonds. The number of aryl methyl sites for hydroxylation is 1. The Kier molecular flexibility index (Phi) is 5.41. The van der Waals surface area contributed by atoms with Gasteiger partial charge in [-0.25, -0.2) is 9.37 Å². The van der Waals surface area contributed by atoms with Gasteiger partial charge in [0.25, 0.3) is 0 Å². The summed E-state index contributed by atoms with van der Waals surface area (Å²) < 4.78 is 19.6. The summed E-state index contributed by atoms with van der Waals surface area (Å²) in [6.07, 6.45) is 1.91. The Morgan fingerprint density at radius 3 is 2.91 bits per heavy atom. The van der Waals surface area contributed by atoms with Crippen molar-refractivity contribution in [2.75, 3.05) is 20.2 Å². The topological polar surface area (TPSA) is 25.4 Å². The van der Waals surface area contributed by atoms with Gasteiger partial charge in [-0.05, 0) is 43.9 Å². The van der Waals surface area contributed by atoms with Crippen LogP contribution in [0.5, 0.6) is 0 Å². The number of halogens is 1. The first-order chi connectivity index (χ1) is 11.2. The third-order valence-corrected chi connectivity index (χ3v) is 5.40. The molecule has 0 radical (unpaired) electrons. The maximum absolute atomic E-state index is 13.9. The fourth-order valence-electron chi connectivity index (χ4n) is 3.33. The van der Waals surface area contributed by atoms with E-state index < -0.39 is 0 Å². The van der Waals surface area contributed by atoms with Crippen LogP contribution in [-0.4, -0.2) is 36.2 Å². The van der Waals surface area contributed by atoms with E-state index in [0.29, 0.717) is 5.92 Å². The minimum atomic E-state index is -0.109. The quantitative estimate of drug-likeness (QED) is 0.834. The molecule has 124 valence electrons. The molecule has 3 rings (SSSR count). The minimum Gasteiger partial charge on any atom is -0.380 e. The Morgan fingerprint density at radius 1 is 1.39 bits per heavy atom. The van der Waals surface area contributed by atoms with Crippen molar-refractivity contribution in [3.8, 4) is 0 Å². The second-order valence-electron chi connectivity index (χ2n) is 6.21. The number of rotatable bonds is 5. The Hall–Kier alpha value is -1.30. The molecule has 2 heterocycles. The number of methoxy groups -OCH3 is 1. The second-order valence-corrected chi connectivity index (χ2v) is 7.27. The number of piperidine rings is 1. The molecule has 0 aliphatic carbocycles. The van der Waals surface area contributed by atoms with Crippen LogP contribution in [0.1, 0.15) is 22.7 Å². The highest BCUT2D eigenvalue weighted by Crippen LogP contribution is 2.26. The lowest BCUT2D eigenvalue weighted by molar-refractivity contribution is -0.0141. The lowest BCUT2D eigenvalue weighted by atomic mass is 9.87. The summed E-state index contributed by atoms with van der Waals surface area (Å²) in [5.41, 5.74) is 1.93. The van der Waals surface area contributed by atoms with Crippen LogP contribution in [0.4, 0.5) is 4.39 Å². The number of nitrogens with zero attached hydrogens (tertiary/aromatic N) is 2. The molecule has 1 aliphatic rings. The molecule has 1 aromatic heterocycles. The number of aromatic nitrogens is 1. The molecule has 1 saturated heterocycles. The van der Waals surface area contributed by atoms with Crippen molar-refractivity contribution in [1.82, 2.24) is 9.88 Å². The summed E-state index contributed by atoms with van der Waals surface area (Å²) in [4.78, 5) is 6.93. The zero-order valence-electron chi connectivity index (χ0n) is 13.7. The van der Waals surface area contributed by atoms with Gasteiger partial charge in [-0.3, -0.25) is 4.90 Å². The fourth-order valence-corrected chi connectivity index (χ4v) is 3.93. The van der Waals surface area contributed by atoms with Gasteiger partial charge in [-0.15, -0.1) is 11.3 Å². The highest BCUT2D eigenvalue weighted by Gasteiger charge is 2.30. The van der Waals surface area contributed by atoms with Gasteiger partial charge in [0.2, 0.25) is 0 Å². The number of ether oxygens (including phenoxy) is 1. The predicted octanol–water partition coefficient (Wildman–Crippen LogP) is 3.67. The lowest BCUT2D eigenvalue weighted by Crippen LogP contribution is -2.45. The SMILES string of the molecule is CO[C@@H]1CN(Cc2csc(C)n2)CC[C@@H]1Cc1ccccc1F. The monoisotopic (exact) mass is 334 g/mol. The van der Waals surface area contributed by atoms with Crippen LogP contribution in [0.15, 0.2) is 29.6 Å². The molecule has 0 spiro atoms. The van der Waals surface area contributed by atoms with Crippen LogP contribution in [-0.2, 0) is 17.7 Å². The van der Waals surface area contributed by atoms with Crippen molar-refractivity contribution in [2.45, 2.75) is 32.4 Å². The van der Waals surface area contributed by atoms with Crippen molar-refractivity contribution >= 4 is 11.3 Å². The Labute approximate surface area is 141 Å². The molecule has 0 bridgehead atoms. The summed E-state index contributed by atoms with van der Waals surface area (Å²) in [7, 11) is 1.76. The third kappa shape index (κ3) is 4.16. The summed E-state index contributed by atoms with van der Waals surface area (Å²) in [6, 6.07) is 7.06. The fraction of sp³-hybridized carbons (Fsp3) is 0.500. The largest absolute Gasteiger partial charge is 0.380 e. The standard InChI is InChI=1S/C18H23FN2OS/c1-13-20-16(12-23-13)10-21-8-7-15(18(11-21)22-2)9-14-5-3-4-6-17(14)19/h3-6,12,15,18H,7-11H2,1-2H3/t15-,18-/m1/s1. The first-order valence-corrected chi connectivity index (χ1v) is 8.93. The van der Waals surface area contributed by atoms with Crippen LogP contribution in [0, 0.1) is 18.7 Å². The van der Waals surface area contributed by atoms with E-state index >= 15 is 0 Å². The van der Waals surface area contributed by atoms with Crippen molar-refractivity contribution in [2.24, 2.45) is 5.92 Å². The Morgan fingerprint density at radius 2 is 2.22 bits per heavy atom. The zero-order chi connectivity index (χ0) is 16.2. The van der Waals surface area contributed by atoms with Crippen molar-refractivity contribution in [1.29, 1.82) is 0 Å². The van der Waals surface area contributed by atoms with E-state index in [4.69, 9.17) is 4.74 Å². The molecule has 2 aromatic rings. The molecule has 1 fully saturated rings. The number of benzene rings is 1. The molecular formula is C18H23FN2OS. The van der Waals surface area contributed by atoms with Crippen LogP contribution >= 0.6 is 11.3 Å². The Bertz CT molecular complexity index is 645. The average Bonchev–Trinajstić information content (AvgIpc) is 2.96. The van der Waals surface area contributed by atoms with Gasteiger partial charge in [0, 0.05) is 25.6 Å². The lowest BCUT2D eigenvalue weighted by Gasteiger charge is -2.37. The van der Waals surface area contributed by atoms with Crippen molar-refractivity contribution < 1.29 is 9.13 Å². The summed E-state index contributed by atoms with van der Waals surface area (Å²) in [5, 5.41) is 3.24. The summed E-state index contributed by atoms with van der Waals surface area (Å²) in [5.74, 6) is 0.257. The molecule has 5 heteroatoms. The van der Waals surface area contributed by atoms with Gasteiger partial charge in [0.15, 0.2) is 0 Å². The van der Waals surface area contributed by atoms with E-state index in [1.54, 1.807) is 24.5 Å². The van der Waals surface area contributed by atoms with E-state index in [0.717, 1.165) is 48.7 Å². The molecule has 23 heavy (non-hydrogen) atoms. The average molecular weight is 334 g/mol. The molecule has 0 N–H and O–H groups in total. The van der Waals surface area contributed by atoms with Gasteiger partial charge in [-0.1, -0.05) is 18.2 Å². The number of hydrogen-bond donors (Lipinski definition) is 0.